The van der Waals surface area contributed by atoms with Crippen LogP contribution in [0.2, 0.25) is 0 Å². The van der Waals surface area contributed by atoms with Gasteiger partial charge in [-0.2, -0.15) is 0 Å². The number of carbonyl (C=O) groups is 2. The van der Waals surface area contributed by atoms with Gasteiger partial charge >= 0.3 is 5.97 Å². The first-order chi connectivity index (χ1) is 10.4. The van der Waals surface area contributed by atoms with E-state index in [0.717, 1.165) is 0 Å². The van der Waals surface area contributed by atoms with E-state index in [9.17, 15) is 14.7 Å². The van der Waals surface area contributed by atoms with Crippen LogP contribution in [0.25, 0.3) is 0 Å². The van der Waals surface area contributed by atoms with E-state index in [-0.39, 0.29) is 12.2 Å². The molecule has 22 heavy (non-hydrogen) atoms. The van der Waals surface area contributed by atoms with Crippen molar-refractivity contribution >= 4 is 11.9 Å². The van der Waals surface area contributed by atoms with Gasteiger partial charge in [-0.15, -0.1) is 0 Å². The lowest BCUT2D eigenvalue weighted by molar-refractivity contribution is -0.138. The first-order valence-corrected chi connectivity index (χ1v) is 6.67. The Balaban J connectivity index is 2.34. The molecule has 0 spiro atoms. The van der Waals surface area contributed by atoms with Gasteiger partial charge in [0.15, 0.2) is 5.76 Å². The van der Waals surface area contributed by atoms with Crippen molar-refractivity contribution in [1.82, 2.24) is 5.32 Å². The van der Waals surface area contributed by atoms with Gasteiger partial charge in [-0.1, -0.05) is 12.1 Å². The summed E-state index contributed by atoms with van der Waals surface area (Å²) in [4.78, 5) is 23.4. The SMILES string of the molecule is COc1cccc(C(C)(CC(=O)O)NC(=O)c2ccco2)c1. The van der Waals surface area contributed by atoms with Crippen molar-refractivity contribution in [2.24, 2.45) is 0 Å². The fourth-order valence-electron chi connectivity index (χ4n) is 2.21. The second-order valence-corrected chi connectivity index (χ2v) is 5.07. The molecule has 0 saturated carbocycles. The summed E-state index contributed by atoms with van der Waals surface area (Å²) < 4.78 is 10.2. The lowest BCUT2D eigenvalue weighted by atomic mass is 9.88. The van der Waals surface area contributed by atoms with Crippen LogP contribution in [0.1, 0.15) is 29.5 Å². The summed E-state index contributed by atoms with van der Waals surface area (Å²) in [5.41, 5.74) is -0.460. The zero-order chi connectivity index (χ0) is 16.2. The number of amides is 1. The fourth-order valence-corrected chi connectivity index (χ4v) is 2.21. The maximum Gasteiger partial charge on any atom is 0.306 e. The average Bonchev–Trinajstić information content (AvgIpc) is 3.00. The normalized spacial score (nSPS) is 13.2. The molecule has 0 aliphatic rings. The van der Waals surface area contributed by atoms with Crippen LogP contribution in [-0.2, 0) is 10.3 Å². The van der Waals surface area contributed by atoms with Crippen molar-refractivity contribution in [3.63, 3.8) is 0 Å². The molecule has 1 unspecified atom stereocenters. The van der Waals surface area contributed by atoms with Crippen molar-refractivity contribution < 1.29 is 23.8 Å². The monoisotopic (exact) mass is 303 g/mol. The first kappa shape index (κ1) is 15.6. The van der Waals surface area contributed by atoms with Crippen molar-refractivity contribution in [1.29, 1.82) is 0 Å². The molecule has 2 N–H and O–H groups in total. The van der Waals surface area contributed by atoms with E-state index in [1.54, 1.807) is 37.3 Å². The van der Waals surface area contributed by atoms with Gasteiger partial charge < -0.3 is 19.6 Å². The highest BCUT2D eigenvalue weighted by molar-refractivity contribution is 5.92. The van der Waals surface area contributed by atoms with E-state index in [2.05, 4.69) is 5.32 Å². The molecular weight excluding hydrogens is 286 g/mol. The smallest absolute Gasteiger partial charge is 0.306 e. The molecule has 1 aromatic heterocycles. The number of hydrogen-bond donors (Lipinski definition) is 2. The number of carboxylic acid groups (broad SMARTS) is 1. The molecule has 0 fully saturated rings. The Hall–Kier alpha value is -2.76. The number of benzene rings is 1. The molecule has 0 saturated heterocycles. The highest BCUT2D eigenvalue weighted by Crippen LogP contribution is 2.28. The third kappa shape index (κ3) is 3.46. The molecule has 1 heterocycles. The van der Waals surface area contributed by atoms with E-state index in [0.29, 0.717) is 11.3 Å². The van der Waals surface area contributed by atoms with Crippen molar-refractivity contribution in [2.45, 2.75) is 18.9 Å². The highest BCUT2D eigenvalue weighted by atomic mass is 16.5. The van der Waals surface area contributed by atoms with Crippen LogP contribution in [0.3, 0.4) is 0 Å². The summed E-state index contributed by atoms with van der Waals surface area (Å²) in [5.74, 6) is -0.789. The zero-order valence-corrected chi connectivity index (χ0v) is 12.3. The summed E-state index contributed by atoms with van der Waals surface area (Å²) >= 11 is 0. The Morgan fingerprint density at radius 3 is 2.68 bits per heavy atom. The average molecular weight is 303 g/mol. The lowest BCUT2D eigenvalue weighted by Crippen LogP contribution is -2.45. The highest BCUT2D eigenvalue weighted by Gasteiger charge is 2.32. The third-order valence-corrected chi connectivity index (χ3v) is 3.35. The number of aliphatic carboxylic acids is 1. The van der Waals surface area contributed by atoms with E-state index in [1.165, 1.54) is 19.4 Å². The largest absolute Gasteiger partial charge is 0.497 e. The second kappa shape index (κ2) is 6.34. The molecule has 116 valence electrons. The molecule has 0 aliphatic heterocycles. The minimum Gasteiger partial charge on any atom is -0.497 e. The second-order valence-electron chi connectivity index (χ2n) is 5.07. The van der Waals surface area contributed by atoms with Gasteiger partial charge in [-0.25, -0.2) is 0 Å². The molecule has 0 radical (unpaired) electrons. The van der Waals surface area contributed by atoms with Crippen molar-refractivity contribution in [3.05, 3.63) is 54.0 Å². The number of nitrogens with one attached hydrogen (secondary N) is 1. The van der Waals surface area contributed by atoms with Gasteiger partial charge in [0.1, 0.15) is 5.75 Å². The number of carboxylic acids is 1. The summed E-state index contributed by atoms with van der Waals surface area (Å²) in [6, 6.07) is 10.0. The van der Waals surface area contributed by atoms with E-state index in [4.69, 9.17) is 9.15 Å². The molecule has 0 aliphatic carbocycles. The van der Waals surface area contributed by atoms with Crippen LogP contribution in [-0.4, -0.2) is 24.1 Å². The van der Waals surface area contributed by atoms with E-state index in [1.807, 2.05) is 0 Å². The van der Waals surface area contributed by atoms with Gasteiger partial charge in [0.2, 0.25) is 0 Å². The molecule has 1 aromatic carbocycles. The zero-order valence-electron chi connectivity index (χ0n) is 12.3. The van der Waals surface area contributed by atoms with Crippen LogP contribution < -0.4 is 10.1 Å². The standard InChI is InChI=1S/C16H17NO5/c1-16(10-14(18)19,11-5-3-6-12(9-11)21-2)17-15(20)13-7-4-8-22-13/h3-9H,10H2,1-2H3,(H,17,20)(H,18,19). The number of hydrogen-bond acceptors (Lipinski definition) is 4. The van der Waals surface area contributed by atoms with Gasteiger partial charge in [0, 0.05) is 0 Å². The Kier molecular flexibility index (Phi) is 4.50. The maximum absolute atomic E-state index is 12.2. The van der Waals surface area contributed by atoms with Crippen LogP contribution in [0.4, 0.5) is 0 Å². The molecule has 2 rings (SSSR count). The minimum atomic E-state index is -1.09. The predicted molar refractivity (Wildman–Crippen MR) is 78.8 cm³/mol. The Labute approximate surface area is 127 Å². The molecule has 6 nitrogen and oxygen atoms in total. The van der Waals surface area contributed by atoms with Crippen LogP contribution in [0.15, 0.2) is 47.1 Å². The minimum absolute atomic E-state index is 0.125. The number of methoxy groups -OCH3 is 1. The maximum atomic E-state index is 12.2. The molecule has 1 amide bonds. The number of ether oxygens (including phenoxy) is 1. The third-order valence-electron chi connectivity index (χ3n) is 3.35. The predicted octanol–water partition coefficient (Wildman–Crippen LogP) is 2.41. The van der Waals surface area contributed by atoms with Crippen molar-refractivity contribution in [2.75, 3.05) is 7.11 Å². The summed E-state index contributed by atoms with van der Waals surface area (Å²) in [7, 11) is 1.52. The molecular formula is C16H17NO5. The van der Waals surface area contributed by atoms with Crippen molar-refractivity contribution in [3.8, 4) is 5.75 Å². The van der Waals surface area contributed by atoms with Crippen LogP contribution in [0, 0.1) is 0 Å². The Morgan fingerprint density at radius 1 is 1.32 bits per heavy atom. The topological polar surface area (TPSA) is 88.8 Å². The first-order valence-electron chi connectivity index (χ1n) is 6.67. The number of carbonyl (C=O) groups excluding carboxylic acids is 1. The molecule has 1 atom stereocenters. The summed E-state index contributed by atoms with van der Waals surface area (Å²) in [5, 5.41) is 11.9. The molecule has 0 bridgehead atoms. The Bertz CT molecular complexity index is 665. The molecule has 6 heteroatoms. The van der Waals surface area contributed by atoms with E-state index < -0.39 is 17.4 Å². The molecule has 2 aromatic rings. The van der Waals surface area contributed by atoms with E-state index >= 15 is 0 Å². The summed E-state index contributed by atoms with van der Waals surface area (Å²) in [6.45, 7) is 1.65. The lowest BCUT2D eigenvalue weighted by Gasteiger charge is -2.29. The van der Waals surface area contributed by atoms with Crippen LogP contribution in [0.5, 0.6) is 5.75 Å². The number of rotatable bonds is 6. The fraction of sp³-hybridized carbons (Fsp3) is 0.250. The van der Waals surface area contributed by atoms with Gasteiger partial charge in [0.05, 0.1) is 25.3 Å². The van der Waals surface area contributed by atoms with Gasteiger partial charge in [-0.05, 0) is 36.8 Å². The Morgan fingerprint density at radius 2 is 2.09 bits per heavy atom. The summed E-state index contributed by atoms with van der Waals surface area (Å²) in [6.07, 6.45) is 1.11. The quantitative estimate of drug-likeness (QED) is 0.855. The van der Waals surface area contributed by atoms with Crippen LogP contribution >= 0.6 is 0 Å². The van der Waals surface area contributed by atoms with Gasteiger partial charge in [-0.3, -0.25) is 9.59 Å². The van der Waals surface area contributed by atoms with Gasteiger partial charge in [0.25, 0.3) is 5.91 Å². The number of furan rings is 1.